The molecular weight excluding hydrogens is 290 g/mol. The second kappa shape index (κ2) is 5.76. The molecule has 0 N–H and O–H groups in total. The first-order chi connectivity index (χ1) is 11.2. The van der Waals surface area contributed by atoms with Crippen LogP contribution in [0.2, 0.25) is 0 Å². The van der Waals surface area contributed by atoms with Gasteiger partial charge < -0.3 is 4.90 Å². The van der Waals surface area contributed by atoms with Gasteiger partial charge in [-0.1, -0.05) is 6.42 Å². The van der Waals surface area contributed by atoms with Gasteiger partial charge in [-0.15, -0.1) is 0 Å². The lowest BCUT2D eigenvalue weighted by Gasteiger charge is -2.32. The third-order valence-corrected chi connectivity index (χ3v) is 5.04. The van der Waals surface area contributed by atoms with Crippen molar-refractivity contribution in [2.75, 3.05) is 6.54 Å². The number of carbonyl (C=O) groups is 1. The van der Waals surface area contributed by atoms with Gasteiger partial charge in [-0.2, -0.15) is 0 Å². The molecule has 6 heteroatoms. The molecule has 0 bridgehead atoms. The van der Waals surface area contributed by atoms with Crippen LogP contribution in [0.1, 0.15) is 49.7 Å². The molecule has 1 saturated carbocycles. The van der Waals surface area contributed by atoms with Crippen LogP contribution in [0.4, 0.5) is 0 Å². The summed E-state index contributed by atoms with van der Waals surface area (Å²) in [6.45, 7) is 2.78. The van der Waals surface area contributed by atoms with Crippen LogP contribution >= 0.6 is 0 Å². The minimum Gasteiger partial charge on any atom is -0.334 e. The van der Waals surface area contributed by atoms with Crippen LogP contribution in [0.5, 0.6) is 0 Å². The maximum absolute atomic E-state index is 12.6. The Labute approximate surface area is 135 Å². The minimum atomic E-state index is 0.0689. The predicted octanol–water partition coefficient (Wildman–Crippen LogP) is 2.43. The summed E-state index contributed by atoms with van der Waals surface area (Å²) in [5.41, 5.74) is 0.890. The van der Waals surface area contributed by atoms with E-state index in [0.29, 0.717) is 5.91 Å². The van der Waals surface area contributed by atoms with E-state index in [0.717, 1.165) is 49.6 Å². The Morgan fingerprint density at radius 2 is 2.09 bits per heavy atom. The maximum atomic E-state index is 12.6. The van der Waals surface area contributed by atoms with Gasteiger partial charge in [-0.25, -0.2) is 9.97 Å². The summed E-state index contributed by atoms with van der Waals surface area (Å²) >= 11 is 0. The highest BCUT2D eigenvalue weighted by atomic mass is 16.2. The summed E-state index contributed by atoms with van der Waals surface area (Å²) < 4.78 is 1.92. The fourth-order valence-electron chi connectivity index (χ4n) is 3.49. The molecule has 1 atom stereocenters. The molecule has 2 aliphatic rings. The molecule has 0 radical (unpaired) electrons. The van der Waals surface area contributed by atoms with Crippen molar-refractivity contribution in [1.82, 2.24) is 24.4 Å². The molecule has 23 heavy (non-hydrogen) atoms. The Kier molecular flexibility index (Phi) is 3.59. The fraction of sp³-hybridized carbons (Fsp3) is 0.529. The average Bonchev–Trinajstić information content (AvgIpc) is 3.14. The number of imidazole rings is 1. The Bertz CT molecular complexity index is 721. The van der Waals surface area contributed by atoms with Crippen LogP contribution in [0.25, 0.3) is 5.82 Å². The van der Waals surface area contributed by atoms with Gasteiger partial charge in [0.2, 0.25) is 5.91 Å². The van der Waals surface area contributed by atoms with Crippen molar-refractivity contribution in [3.63, 3.8) is 0 Å². The summed E-state index contributed by atoms with van der Waals surface area (Å²) in [6, 6.07) is 0.0689. The zero-order valence-corrected chi connectivity index (χ0v) is 13.4. The lowest BCUT2D eigenvalue weighted by Crippen LogP contribution is -2.38. The summed E-state index contributed by atoms with van der Waals surface area (Å²) in [7, 11) is 0. The summed E-state index contributed by atoms with van der Waals surface area (Å²) in [5, 5.41) is 0. The molecule has 1 aliphatic heterocycles. The molecule has 0 aromatic carbocycles. The minimum absolute atomic E-state index is 0.0689. The summed E-state index contributed by atoms with van der Waals surface area (Å²) in [5.74, 6) is 2.19. The average molecular weight is 311 g/mol. The van der Waals surface area contributed by atoms with E-state index in [4.69, 9.17) is 4.98 Å². The molecule has 2 fully saturated rings. The molecule has 1 aliphatic carbocycles. The van der Waals surface area contributed by atoms with Crippen LogP contribution in [-0.2, 0) is 4.79 Å². The Balaban J connectivity index is 1.62. The molecule has 6 nitrogen and oxygen atoms in total. The number of hydrogen-bond donors (Lipinski definition) is 0. The van der Waals surface area contributed by atoms with Crippen molar-refractivity contribution in [3.05, 3.63) is 36.3 Å². The second-order valence-corrected chi connectivity index (χ2v) is 6.46. The van der Waals surface area contributed by atoms with Crippen molar-refractivity contribution in [2.24, 2.45) is 5.92 Å². The van der Waals surface area contributed by atoms with Crippen LogP contribution in [0.15, 0.2) is 24.8 Å². The number of rotatable bonds is 3. The smallest absolute Gasteiger partial charge is 0.226 e. The first kappa shape index (κ1) is 14.4. The highest BCUT2D eigenvalue weighted by molar-refractivity contribution is 5.80. The largest absolute Gasteiger partial charge is 0.334 e. The standard InChI is InChI=1S/C17H21N5O/c1-12-19-7-9-21(12)16-11-18-10-14(20-16)15-6-3-8-22(15)17(23)13-4-2-5-13/h7,9-11,13,15H,2-6,8H2,1H3/t15-/m1/s1. The van der Waals surface area contributed by atoms with E-state index >= 15 is 0 Å². The Morgan fingerprint density at radius 1 is 1.22 bits per heavy atom. The van der Waals surface area contributed by atoms with Gasteiger partial charge in [0.25, 0.3) is 0 Å². The monoisotopic (exact) mass is 311 g/mol. The van der Waals surface area contributed by atoms with Crippen LogP contribution in [0, 0.1) is 12.8 Å². The lowest BCUT2D eigenvalue weighted by molar-refractivity contribution is -0.139. The van der Waals surface area contributed by atoms with E-state index in [-0.39, 0.29) is 12.0 Å². The number of amides is 1. The van der Waals surface area contributed by atoms with Gasteiger partial charge in [0.05, 0.1) is 24.1 Å². The zero-order chi connectivity index (χ0) is 15.8. The first-order valence-corrected chi connectivity index (χ1v) is 8.37. The van der Waals surface area contributed by atoms with Crippen molar-refractivity contribution in [2.45, 2.75) is 45.1 Å². The lowest BCUT2D eigenvalue weighted by atomic mass is 9.84. The van der Waals surface area contributed by atoms with E-state index in [1.807, 2.05) is 22.6 Å². The normalized spacial score (nSPS) is 21.4. The van der Waals surface area contributed by atoms with E-state index < -0.39 is 0 Å². The molecule has 2 aromatic heterocycles. The fourth-order valence-corrected chi connectivity index (χ4v) is 3.49. The Morgan fingerprint density at radius 3 is 2.78 bits per heavy atom. The van der Waals surface area contributed by atoms with Gasteiger partial charge in [0.15, 0.2) is 5.82 Å². The SMILES string of the molecule is Cc1nccn1-c1cncc([C@H]2CCCN2C(=O)C2CCC2)n1. The third-order valence-electron chi connectivity index (χ3n) is 5.04. The molecule has 1 amide bonds. The first-order valence-electron chi connectivity index (χ1n) is 8.37. The topological polar surface area (TPSA) is 63.9 Å². The van der Waals surface area contributed by atoms with Crippen LogP contribution in [0.3, 0.4) is 0 Å². The van der Waals surface area contributed by atoms with Crippen molar-refractivity contribution < 1.29 is 4.79 Å². The number of aromatic nitrogens is 4. The van der Waals surface area contributed by atoms with E-state index in [9.17, 15) is 4.79 Å². The number of hydrogen-bond acceptors (Lipinski definition) is 4. The number of nitrogens with zero attached hydrogens (tertiary/aromatic N) is 5. The van der Waals surface area contributed by atoms with Gasteiger partial charge in [0, 0.05) is 24.9 Å². The number of likely N-dealkylation sites (tertiary alicyclic amines) is 1. The second-order valence-electron chi connectivity index (χ2n) is 6.46. The molecule has 0 unspecified atom stereocenters. The van der Waals surface area contributed by atoms with Crippen molar-refractivity contribution in [1.29, 1.82) is 0 Å². The third kappa shape index (κ3) is 2.52. The van der Waals surface area contributed by atoms with E-state index in [1.165, 1.54) is 6.42 Å². The van der Waals surface area contributed by atoms with E-state index in [1.54, 1.807) is 18.6 Å². The van der Waals surface area contributed by atoms with Gasteiger partial charge >= 0.3 is 0 Å². The molecule has 4 rings (SSSR count). The van der Waals surface area contributed by atoms with Gasteiger partial charge in [0.1, 0.15) is 5.82 Å². The van der Waals surface area contributed by atoms with Crippen LogP contribution in [-0.4, -0.2) is 36.9 Å². The maximum Gasteiger partial charge on any atom is 0.226 e. The molecule has 0 spiro atoms. The summed E-state index contributed by atoms with van der Waals surface area (Å²) in [4.78, 5) is 28.0. The number of aryl methyl sites for hydroxylation is 1. The Hall–Kier alpha value is -2.24. The molecular formula is C17H21N5O. The quantitative estimate of drug-likeness (QED) is 0.873. The molecule has 1 saturated heterocycles. The summed E-state index contributed by atoms with van der Waals surface area (Å²) in [6.07, 6.45) is 12.5. The number of carbonyl (C=O) groups excluding carboxylic acids is 1. The van der Waals surface area contributed by atoms with Crippen LogP contribution < -0.4 is 0 Å². The molecule has 120 valence electrons. The highest BCUT2D eigenvalue weighted by Crippen LogP contribution is 2.36. The molecule has 2 aromatic rings. The zero-order valence-electron chi connectivity index (χ0n) is 13.4. The van der Waals surface area contributed by atoms with Crippen molar-refractivity contribution in [3.8, 4) is 5.82 Å². The predicted molar refractivity (Wildman–Crippen MR) is 84.9 cm³/mol. The van der Waals surface area contributed by atoms with Gasteiger partial charge in [-0.3, -0.25) is 14.3 Å². The molecule has 3 heterocycles. The van der Waals surface area contributed by atoms with Crippen molar-refractivity contribution >= 4 is 5.91 Å². The van der Waals surface area contributed by atoms with E-state index in [2.05, 4.69) is 9.97 Å². The highest BCUT2D eigenvalue weighted by Gasteiger charge is 2.37. The van der Waals surface area contributed by atoms with Gasteiger partial charge in [-0.05, 0) is 32.6 Å².